The molecule has 0 saturated heterocycles. The van der Waals surface area contributed by atoms with Gasteiger partial charge in [0.1, 0.15) is 5.69 Å². The van der Waals surface area contributed by atoms with E-state index in [1.54, 1.807) is 24.3 Å². The third kappa shape index (κ3) is 2.39. The van der Waals surface area contributed by atoms with E-state index in [0.29, 0.717) is 21.5 Å². The van der Waals surface area contributed by atoms with Crippen molar-refractivity contribution in [2.75, 3.05) is 0 Å². The first-order chi connectivity index (χ1) is 10.1. The van der Waals surface area contributed by atoms with Crippen LogP contribution in [0.15, 0.2) is 41.0 Å². The summed E-state index contributed by atoms with van der Waals surface area (Å²) in [5.74, 6) is -0.888. The quantitative estimate of drug-likeness (QED) is 0.797. The molecule has 0 unspecified atom stereocenters. The van der Waals surface area contributed by atoms with Gasteiger partial charge in [-0.3, -0.25) is 0 Å². The highest BCUT2D eigenvalue weighted by molar-refractivity contribution is 6.35. The topological polar surface area (TPSA) is 81.1 Å². The Balaban J connectivity index is 2.26. The molecule has 0 radical (unpaired) electrons. The van der Waals surface area contributed by atoms with Crippen LogP contribution in [0, 0.1) is 0 Å². The van der Waals surface area contributed by atoms with Crippen LogP contribution in [0.4, 0.5) is 0 Å². The number of nitrogens with zero attached hydrogens (tertiary/aromatic N) is 3. The van der Waals surface area contributed by atoms with Crippen LogP contribution in [0.3, 0.4) is 0 Å². The van der Waals surface area contributed by atoms with Crippen LogP contribution >= 0.6 is 23.2 Å². The summed E-state index contributed by atoms with van der Waals surface area (Å²) < 4.78 is 6.57. The summed E-state index contributed by atoms with van der Waals surface area (Å²) in [6, 6.07) is 8.04. The van der Waals surface area contributed by atoms with E-state index < -0.39 is 5.97 Å². The third-order valence-corrected chi connectivity index (χ3v) is 3.30. The first kappa shape index (κ1) is 13.7. The van der Waals surface area contributed by atoms with Crippen LogP contribution in [-0.4, -0.2) is 26.1 Å². The molecule has 6 nitrogen and oxygen atoms in total. The molecule has 0 aliphatic heterocycles. The van der Waals surface area contributed by atoms with E-state index >= 15 is 0 Å². The Bertz CT molecular complexity index is 812. The number of halogens is 2. The number of hydrogen-bond acceptors (Lipinski definition) is 4. The predicted molar refractivity (Wildman–Crippen MR) is 76.0 cm³/mol. The molecule has 0 saturated carbocycles. The summed E-state index contributed by atoms with van der Waals surface area (Å²) in [7, 11) is 0. The Labute approximate surface area is 128 Å². The van der Waals surface area contributed by atoms with E-state index in [1.165, 1.54) is 17.0 Å². The van der Waals surface area contributed by atoms with Gasteiger partial charge in [-0.2, -0.15) is 0 Å². The van der Waals surface area contributed by atoms with Crippen molar-refractivity contribution in [3.05, 3.63) is 52.3 Å². The Kier molecular flexibility index (Phi) is 3.40. The van der Waals surface area contributed by atoms with Crippen molar-refractivity contribution < 1.29 is 14.3 Å². The van der Waals surface area contributed by atoms with Crippen LogP contribution in [0.1, 0.15) is 10.5 Å². The number of rotatable bonds is 3. The van der Waals surface area contributed by atoms with Crippen molar-refractivity contribution in [3.63, 3.8) is 0 Å². The molecular weight excluding hydrogens is 317 g/mol. The molecule has 1 aromatic carbocycles. The number of carboxylic acid groups (broad SMARTS) is 1. The standard InChI is InChI=1S/C13H7Cl2N3O3/c14-7-3-4-9(8(15)6-7)18-12(10-2-1-5-21-10)11(13(19)20)16-17-18/h1-6H,(H,19,20). The number of carbonyl (C=O) groups is 1. The third-order valence-electron chi connectivity index (χ3n) is 2.77. The lowest BCUT2D eigenvalue weighted by Crippen LogP contribution is -2.03. The summed E-state index contributed by atoms with van der Waals surface area (Å²) in [6.45, 7) is 0. The van der Waals surface area contributed by atoms with E-state index in [0.717, 1.165) is 0 Å². The molecule has 0 spiro atoms. The van der Waals surface area contributed by atoms with E-state index in [2.05, 4.69) is 10.3 Å². The smallest absolute Gasteiger partial charge is 0.358 e. The van der Waals surface area contributed by atoms with Crippen molar-refractivity contribution >= 4 is 29.2 Å². The predicted octanol–water partition coefficient (Wildman–Crippen LogP) is 3.53. The first-order valence-electron chi connectivity index (χ1n) is 5.76. The molecule has 0 atom stereocenters. The molecule has 0 aliphatic carbocycles. The summed E-state index contributed by atoms with van der Waals surface area (Å²) >= 11 is 12.0. The van der Waals surface area contributed by atoms with Crippen LogP contribution in [-0.2, 0) is 0 Å². The Hall–Kier alpha value is -2.31. The highest BCUT2D eigenvalue weighted by atomic mass is 35.5. The van der Waals surface area contributed by atoms with Crippen LogP contribution in [0.5, 0.6) is 0 Å². The minimum atomic E-state index is -1.21. The minimum absolute atomic E-state index is 0.205. The molecular formula is C13H7Cl2N3O3. The summed E-state index contributed by atoms with van der Waals surface area (Å²) in [5, 5.41) is 17.5. The van der Waals surface area contributed by atoms with E-state index in [4.69, 9.17) is 27.6 Å². The summed E-state index contributed by atoms with van der Waals surface area (Å²) in [5.41, 5.74) is 0.431. The SMILES string of the molecule is O=C(O)c1nnn(-c2ccc(Cl)cc2Cl)c1-c1ccco1. The lowest BCUT2D eigenvalue weighted by Gasteiger charge is -2.07. The van der Waals surface area contributed by atoms with Crippen molar-refractivity contribution in [1.29, 1.82) is 0 Å². The number of hydrogen-bond donors (Lipinski definition) is 1. The van der Waals surface area contributed by atoms with Crippen molar-refractivity contribution in [3.8, 4) is 17.1 Å². The highest BCUT2D eigenvalue weighted by Crippen LogP contribution is 2.30. The van der Waals surface area contributed by atoms with Gasteiger partial charge in [-0.25, -0.2) is 9.48 Å². The monoisotopic (exact) mass is 323 g/mol. The molecule has 2 heterocycles. The Morgan fingerprint density at radius 1 is 1.29 bits per heavy atom. The van der Waals surface area contributed by atoms with Crippen molar-refractivity contribution in [1.82, 2.24) is 15.0 Å². The van der Waals surface area contributed by atoms with Gasteiger partial charge in [0.05, 0.1) is 17.0 Å². The van der Waals surface area contributed by atoms with Gasteiger partial charge in [0.15, 0.2) is 5.76 Å². The molecule has 0 amide bonds. The maximum atomic E-state index is 11.3. The van der Waals surface area contributed by atoms with Gasteiger partial charge < -0.3 is 9.52 Å². The van der Waals surface area contributed by atoms with Gasteiger partial charge in [0, 0.05) is 5.02 Å². The van der Waals surface area contributed by atoms with E-state index in [9.17, 15) is 9.90 Å². The van der Waals surface area contributed by atoms with Crippen molar-refractivity contribution in [2.24, 2.45) is 0 Å². The minimum Gasteiger partial charge on any atom is -0.476 e. The largest absolute Gasteiger partial charge is 0.476 e. The molecule has 106 valence electrons. The molecule has 21 heavy (non-hydrogen) atoms. The van der Waals surface area contributed by atoms with E-state index in [-0.39, 0.29) is 11.4 Å². The molecule has 0 fully saturated rings. The molecule has 8 heteroatoms. The zero-order valence-corrected chi connectivity index (χ0v) is 11.8. The number of benzene rings is 1. The Morgan fingerprint density at radius 2 is 2.10 bits per heavy atom. The second kappa shape index (κ2) is 5.23. The summed E-state index contributed by atoms with van der Waals surface area (Å²) in [6.07, 6.45) is 1.43. The molecule has 0 bridgehead atoms. The first-order valence-corrected chi connectivity index (χ1v) is 6.52. The van der Waals surface area contributed by atoms with Crippen LogP contribution < -0.4 is 0 Å². The normalized spacial score (nSPS) is 10.8. The molecule has 3 rings (SSSR count). The Morgan fingerprint density at radius 3 is 2.71 bits per heavy atom. The lowest BCUT2D eigenvalue weighted by atomic mass is 10.2. The molecule has 0 aliphatic rings. The molecule has 2 aromatic heterocycles. The van der Waals surface area contributed by atoms with Gasteiger partial charge >= 0.3 is 5.97 Å². The number of furan rings is 1. The zero-order chi connectivity index (χ0) is 15.0. The maximum Gasteiger partial charge on any atom is 0.358 e. The van der Waals surface area contributed by atoms with E-state index in [1.807, 2.05) is 0 Å². The zero-order valence-electron chi connectivity index (χ0n) is 10.3. The fraction of sp³-hybridized carbons (Fsp3) is 0. The number of aromatic carboxylic acids is 1. The number of aromatic nitrogens is 3. The summed E-state index contributed by atoms with van der Waals surface area (Å²) in [4.78, 5) is 11.3. The number of carboxylic acids is 1. The van der Waals surface area contributed by atoms with Gasteiger partial charge in [0.2, 0.25) is 5.69 Å². The van der Waals surface area contributed by atoms with Crippen LogP contribution in [0.2, 0.25) is 10.0 Å². The highest BCUT2D eigenvalue weighted by Gasteiger charge is 2.24. The second-order valence-corrected chi connectivity index (χ2v) is 4.92. The molecule has 1 N–H and O–H groups in total. The fourth-order valence-corrected chi connectivity index (χ4v) is 2.37. The maximum absolute atomic E-state index is 11.3. The lowest BCUT2D eigenvalue weighted by molar-refractivity contribution is 0.0691. The second-order valence-electron chi connectivity index (χ2n) is 4.08. The average molecular weight is 324 g/mol. The van der Waals surface area contributed by atoms with Gasteiger partial charge in [-0.15, -0.1) is 5.10 Å². The fourth-order valence-electron chi connectivity index (χ4n) is 1.88. The average Bonchev–Trinajstić information content (AvgIpc) is 3.06. The van der Waals surface area contributed by atoms with Crippen molar-refractivity contribution in [2.45, 2.75) is 0 Å². The van der Waals surface area contributed by atoms with Gasteiger partial charge in [0.25, 0.3) is 0 Å². The van der Waals surface area contributed by atoms with Gasteiger partial charge in [-0.1, -0.05) is 28.4 Å². The van der Waals surface area contributed by atoms with Gasteiger partial charge in [-0.05, 0) is 30.3 Å². The molecule has 3 aromatic rings. The van der Waals surface area contributed by atoms with Crippen LogP contribution in [0.25, 0.3) is 17.1 Å².